The largest absolute Gasteiger partial charge is 0.453 e. The first kappa shape index (κ1) is 28.0. The molecule has 2 N–H and O–H groups in total. The lowest BCUT2D eigenvalue weighted by Gasteiger charge is -2.39. The van der Waals surface area contributed by atoms with Gasteiger partial charge in [-0.15, -0.1) is 0 Å². The second kappa shape index (κ2) is 10.8. The molecule has 0 saturated carbocycles. The maximum atomic E-state index is 15.8. The Hall–Kier alpha value is -3.57. The summed E-state index contributed by atoms with van der Waals surface area (Å²) >= 11 is 6.12. The van der Waals surface area contributed by atoms with Gasteiger partial charge in [0.2, 0.25) is 11.2 Å². The average molecular weight is 583 g/mol. The van der Waals surface area contributed by atoms with Crippen LogP contribution < -0.4 is 15.6 Å². The van der Waals surface area contributed by atoms with Crippen LogP contribution in [0.5, 0.6) is 11.8 Å². The Morgan fingerprint density at radius 1 is 1.02 bits per heavy atom. The number of aromatic amines is 1. The summed E-state index contributed by atoms with van der Waals surface area (Å²) in [7, 11) is -2.17. The molecule has 0 fully saturated rings. The molecule has 0 atom stereocenters. The van der Waals surface area contributed by atoms with Crippen molar-refractivity contribution in [2.45, 2.75) is 64.6 Å². The number of hydrogen-bond acceptors (Lipinski definition) is 7. The van der Waals surface area contributed by atoms with Crippen molar-refractivity contribution in [2.75, 3.05) is 6.54 Å². The molecule has 1 aliphatic rings. The van der Waals surface area contributed by atoms with Crippen molar-refractivity contribution in [3.05, 3.63) is 53.1 Å². The molecule has 40 heavy (non-hydrogen) atoms. The fourth-order valence-corrected chi connectivity index (χ4v) is 12.4. The van der Waals surface area contributed by atoms with Gasteiger partial charge in [-0.25, -0.2) is 19.3 Å². The molecule has 0 aromatic carbocycles. The Morgan fingerprint density at radius 2 is 1.75 bits per heavy atom. The Bertz CT molecular complexity index is 1550. The molecule has 12 heteroatoms. The van der Waals surface area contributed by atoms with Gasteiger partial charge in [0.25, 0.3) is 11.8 Å². The van der Waals surface area contributed by atoms with Crippen molar-refractivity contribution < 1.29 is 18.3 Å². The number of oxazole rings is 1. The normalized spacial score (nSPS) is 13.7. The van der Waals surface area contributed by atoms with Gasteiger partial charge in [-0.2, -0.15) is 4.98 Å². The maximum Gasteiger partial charge on any atom is 0.258 e. The highest BCUT2D eigenvalue weighted by atomic mass is 35.5. The molecule has 0 spiro atoms. The van der Waals surface area contributed by atoms with Crippen molar-refractivity contribution >= 4 is 31.1 Å². The monoisotopic (exact) mass is 582 g/mol. The van der Waals surface area contributed by atoms with Crippen LogP contribution >= 0.6 is 11.6 Å². The number of nitrogens with one attached hydrogen (secondary N) is 2. The van der Waals surface area contributed by atoms with Gasteiger partial charge >= 0.3 is 0 Å². The van der Waals surface area contributed by atoms with Gasteiger partial charge in [-0.1, -0.05) is 41.5 Å². The number of rotatable bonds is 8. The summed E-state index contributed by atoms with van der Waals surface area (Å²) in [5.74, 6) is -1.21. The molecule has 1 amide bonds. The van der Waals surface area contributed by atoms with E-state index in [1.807, 2.05) is 0 Å². The van der Waals surface area contributed by atoms with E-state index in [1.165, 1.54) is 18.5 Å². The molecule has 5 heterocycles. The first-order valence-electron chi connectivity index (χ1n) is 13.4. The topological polar surface area (TPSA) is 119 Å². The number of ether oxygens (including phenoxy) is 1. The molecule has 5 rings (SSSR count). The second-order valence-corrected chi connectivity index (χ2v) is 17.0. The molecule has 0 radical (unpaired) electrons. The smallest absolute Gasteiger partial charge is 0.258 e. The minimum absolute atomic E-state index is 0.000495. The molecular weight excluding hydrogens is 551 g/mol. The minimum atomic E-state index is -2.17. The number of nitrogens with zero attached hydrogens (tertiary/aromatic N) is 4. The summed E-state index contributed by atoms with van der Waals surface area (Å²) in [6, 6.07) is 3.15. The first-order valence-corrected chi connectivity index (χ1v) is 16.0. The second-order valence-electron chi connectivity index (χ2n) is 11.0. The van der Waals surface area contributed by atoms with Crippen LogP contribution in [-0.2, 0) is 6.42 Å². The van der Waals surface area contributed by atoms with E-state index < -0.39 is 13.9 Å². The van der Waals surface area contributed by atoms with Gasteiger partial charge in [0.15, 0.2) is 19.4 Å². The predicted molar refractivity (Wildman–Crippen MR) is 153 cm³/mol. The lowest BCUT2D eigenvalue weighted by Crippen LogP contribution is -2.56. The molecule has 210 valence electrons. The summed E-state index contributed by atoms with van der Waals surface area (Å²) < 4.78 is 27.8. The summed E-state index contributed by atoms with van der Waals surface area (Å²) in [4.78, 5) is 32.7. The van der Waals surface area contributed by atoms with Gasteiger partial charge in [0, 0.05) is 42.3 Å². The summed E-state index contributed by atoms with van der Waals surface area (Å²) in [6.45, 7) is 13.9. The molecule has 0 bridgehead atoms. The number of hydrogen-bond donors (Lipinski definition) is 2. The number of H-pyrrole nitrogens is 1. The van der Waals surface area contributed by atoms with Gasteiger partial charge in [0.05, 0.1) is 11.1 Å². The van der Waals surface area contributed by atoms with Crippen LogP contribution in [0.4, 0.5) is 4.39 Å². The van der Waals surface area contributed by atoms with Crippen LogP contribution in [0.15, 0.2) is 35.2 Å². The maximum absolute atomic E-state index is 15.8. The van der Waals surface area contributed by atoms with Gasteiger partial charge in [-0.3, -0.25) is 4.79 Å². The van der Waals surface area contributed by atoms with E-state index in [-0.39, 0.29) is 28.5 Å². The zero-order chi connectivity index (χ0) is 28.8. The molecule has 9 nitrogen and oxygen atoms in total. The standard InChI is InChI=1S/C28H32ClFN6O3Si/c1-14(2)40(15(3)4,16(5)6)28-35-22(13-38-28)19-12-33-27(29)36-25(19)39-26-23(30)17(7-9-32-26)21-11-18-20(34-21)8-10-31-24(18)37/h7,9,11-16,34H,8,10H2,1-6H3,(H,31,37). The summed E-state index contributed by atoms with van der Waals surface area (Å²) in [5.41, 5.74) is 4.70. The Morgan fingerprint density at radius 3 is 2.42 bits per heavy atom. The number of carbonyl (C=O) groups is 1. The van der Waals surface area contributed by atoms with Crippen LogP contribution in [0.25, 0.3) is 22.5 Å². The fraction of sp³-hybridized carbons (Fsp3) is 0.393. The van der Waals surface area contributed by atoms with E-state index in [0.717, 1.165) is 11.2 Å². The van der Waals surface area contributed by atoms with Crippen LogP contribution in [0.2, 0.25) is 21.9 Å². The van der Waals surface area contributed by atoms with E-state index in [1.54, 1.807) is 12.3 Å². The van der Waals surface area contributed by atoms with E-state index >= 15 is 4.39 Å². The fourth-order valence-electron chi connectivity index (χ4n) is 6.17. The van der Waals surface area contributed by atoms with E-state index in [2.05, 4.69) is 66.8 Å². The number of fused-ring (bicyclic) bond motifs is 1. The van der Waals surface area contributed by atoms with Crippen molar-refractivity contribution in [3.63, 3.8) is 0 Å². The summed E-state index contributed by atoms with van der Waals surface area (Å²) in [6.07, 6.45) is 5.11. The molecule has 0 saturated heterocycles. The summed E-state index contributed by atoms with van der Waals surface area (Å²) in [5, 5.41) is 2.72. The van der Waals surface area contributed by atoms with E-state index in [9.17, 15) is 4.79 Å². The third kappa shape index (κ3) is 4.70. The van der Waals surface area contributed by atoms with Crippen LogP contribution in [0.3, 0.4) is 0 Å². The zero-order valence-electron chi connectivity index (χ0n) is 23.3. The Labute approximate surface area is 238 Å². The predicted octanol–water partition coefficient (Wildman–Crippen LogP) is 6.28. The van der Waals surface area contributed by atoms with Gasteiger partial charge in [-0.05, 0) is 40.4 Å². The number of aromatic nitrogens is 5. The first-order chi connectivity index (χ1) is 19.0. The third-order valence-corrected chi connectivity index (χ3v) is 14.8. The number of pyridine rings is 1. The van der Waals surface area contributed by atoms with Crippen LogP contribution in [-0.4, -0.2) is 45.4 Å². The highest BCUT2D eigenvalue weighted by Crippen LogP contribution is 2.42. The number of halogens is 2. The van der Waals surface area contributed by atoms with E-state index in [0.29, 0.717) is 52.1 Å². The highest BCUT2D eigenvalue weighted by molar-refractivity contribution is 6.93. The Kier molecular flexibility index (Phi) is 7.53. The van der Waals surface area contributed by atoms with Crippen molar-refractivity contribution in [3.8, 4) is 34.3 Å². The Balaban J connectivity index is 1.53. The van der Waals surface area contributed by atoms with Crippen molar-refractivity contribution in [2.24, 2.45) is 0 Å². The molecule has 1 aliphatic heterocycles. The third-order valence-electron chi connectivity index (χ3n) is 7.89. The quantitative estimate of drug-likeness (QED) is 0.185. The molecule has 4 aromatic rings. The molecular formula is C28H32ClFN6O3Si. The molecule has 4 aromatic heterocycles. The minimum Gasteiger partial charge on any atom is -0.453 e. The SMILES string of the molecule is CC(C)[Si](c1nc(-c2cnc(Cl)nc2Oc2nccc(-c3cc4c([nH]3)CCNC4=O)c2F)co1)(C(C)C)C(C)C. The molecule has 0 aliphatic carbocycles. The van der Waals surface area contributed by atoms with Crippen molar-refractivity contribution in [1.82, 2.24) is 30.2 Å². The van der Waals surface area contributed by atoms with Crippen LogP contribution in [0, 0.1) is 5.82 Å². The van der Waals surface area contributed by atoms with Gasteiger partial charge < -0.3 is 19.5 Å². The zero-order valence-corrected chi connectivity index (χ0v) is 25.1. The van der Waals surface area contributed by atoms with Crippen molar-refractivity contribution in [1.29, 1.82) is 0 Å². The van der Waals surface area contributed by atoms with E-state index in [4.69, 9.17) is 25.7 Å². The average Bonchev–Trinajstić information content (AvgIpc) is 3.54. The van der Waals surface area contributed by atoms with Gasteiger partial charge in [0.1, 0.15) is 12.0 Å². The lowest BCUT2D eigenvalue weighted by molar-refractivity contribution is 0.0946. The molecule has 0 unspecified atom stereocenters. The number of carbonyl (C=O) groups excluding carboxylic acids is 1. The lowest BCUT2D eigenvalue weighted by atomic mass is 10.1. The highest BCUT2D eigenvalue weighted by Gasteiger charge is 2.49. The van der Waals surface area contributed by atoms with Crippen LogP contribution in [0.1, 0.15) is 57.6 Å². The number of amides is 1.